The molecule has 1 aromatic carbocycles. The minimum atomic E-state index is -0.205. The third-order valence-electron chi connectivity index (χ3n) is 8.74. The Balaban J connectivity index is 1.21. The Bertz CT molecular complexity index is 1490. The molecule has 1 saturated heterocycles. The maximum atomic E-state index is 13.6. The Morgan fingerprint density at radius 3 is 2.63 bits per heavy atom. The van der Waals surface area contributed by atoms with E-state index in [1.54, 1.807) is 11.0 Å². The van der Waals surface area contributed by atoms with Crippen LogP contribution in [0.4, 0.5) is 0 Å². The number of rotatable bonds is 7. The van der Waals surface area contributed by atoms with Crippen molar-refractivity contribution in [2.45, 2.75) is 71.4 Å². The Hall–Kier alpha value is -3.21. The largest absolute Gasteiger partial charge is 0.393 e. The number of nitrogens with one attached hydrogen (secondary N) is 1. The highest BCUT2D eigenvalue weighted by Crippen LogP contribution is 2.38. The molecule has 41 heavy (non-hydrogen) atoms. The first kappa shape index (κ1) is 27.9. The molecule has 0 spiro atoms. The van der Waals surface area contributed by atoms with Crippen molar-refractivity contribution in [2.24, 2.45) is 11.3 Å². The van der Waals surface area contributed by atoms with E-state index in [0.717, 1.165) is 85.5 Å². The van der Waals surface area contributed by atoms with E-state index in [-0.39, 0.29) is 23.5 Å². The van der Waals surface area contributed by atoms with E-state index in [0.29, 0.717) is 10.9 Å². The normalized spacial score (nSPS) is 19.3. The number of benzene rings is 1. The SMILES string of the molecule is CC(C)(C)[C@H]1CCc2nc3sc(C(=O)N[C@H](CCN4CCC(O)CC4)c4ccc(-n5cncn5)cc4)nc3cc2C1. The summed E-state index contributed by atoms with van der Waals surface area (Å²) < 4.78 is 1.72. The molecule has 2 N–H and O–H groups in total. The van der Waals surface area contributed by atoms with Gasteiger partial charge in [0.2, 0.25) is 0 Å². The predicted octanol–water partition coefficient (Wildman–Crippen LogP) is 4.74. The molecule has 10 heteroatoms. The number of carbonyl (C=O) groups excluding carboxylic acids is 1. The third-order valence-corrected chi connectivity index (χ3v) is 9.71. The molecule has 4 aromatic rings. The minimum Gasteiger partial charge on any atom is -0.393 e. The highest BCUT2D eigenvalue weighted by molar-refractivity contribution is 7.19. The van der Waals surface area contributed by atoms with Crippen molar-refractivity contribution in [1.82, 2.24) is 34.9 Å². The number of aliphatic hydroxyl groups is 1. The number of hydrogen-bond acceptors (Lipinski definition) is 8. The summed E-state index contributed by atoms with van der Waals surface area (Å²) in [5, 5.41) is 17.8. The van der Waals surface area contributed by atoms with Crippen LogP contribution in [0.2, 0.25) is 0 Å². The summed E-state index contributed by atoms with van der Waals surface area (Å²) in [6.45, 7) is 9.52. The van der Waals surface area contributed by atoms with Gasteiger partial charge in [0, 0.05) is 25.3 Å². The molecule has 6 rings (SSSR count). The van der Waals surface area contributed by atoms with Crippen LogP contribution in [0.25, 0.3) is 16.0 Å². The second-order valence-electron chi connectivity index (χ2n) is 12.6. The van der Waals surface area contributed by atoms with Crippen LogP contribution in [0.3, 0.4) is 0 Å². The summed E-state index contributed by atoms with van der Waals surface area (Å²) in [4.78, 5) is 30.5. The third kappa shape index (κ3) is 6.34. The van der Waals surface area contributed by atoms with Crippen LogP contribution in [0.15, 0.2) is 43.0 Å². The zero-order valence-electron chi connectivity index (χ0n) is 24.1. The number of fused-ring (bicyclic) bond motifs is 2. The summed E-state index contributed by atoms with van der Waals surface area (Å²) in [5.41, 5.74) is 5.45. The van der Waals surface area contributed by atoms with Crippen molar-refractivity contribution in [3.8, 4) is 5.69 Å². The van der Waals surface area contributed by atoms with Crippen LogP contribution >= 0.6 is 11.3 Å². The van der Waals surface area contributed by atoms with Crippen molar-refractivity contribution in [1.29, 1.82) is 0 Å². The van der Waals surface area contributed by atoms with Gasteiger partial charge in [-0.05, 0) is 79.2 Å². The molecule has 9 nitrogen and oxygen atoms in total. The first-order valence-corrected chi connectivity index (χ1v) is 15.5. The molecule has 1 fully saturated rings. The van der Waals surface area contributed by atoms with Gasteiger partial charge in [0.25, 0.3) is 5.91 Å². The van der Waals surface area contributed by atoms with E-state index in [4.69, 9.17) is 9.97 Å². The molecule has 2 atom stereocenters. The molecule has 3 aromatic heterocycles. The Kier molecular flexibility index (Phi) is 7.89. The number of hydrogen-bond donors (Lipinski definition) is 2. The molecule has 0 radical (unpaired) electrons. The lowest BCUT2D eigenvalue weighted by Gasteiger charge is -2.34. The van der Waals surface area contributed by atoms with Gasteiger partial charge in [0.05, 0.1) is 17.8 Å². The summed E-state index contributed by atoms with van der Waals surface area (Å²) >= 11 is 1.38. The smallest absolute Gasteiger partial charge is 0.280 e. The molecule has 0 saturated carbocycles. The standard InChI is InChI=1S/C31H39N7O2S/c1-31(2,3)22-6-9-25-21(16-22)17-27-29(35-25)41-30(36-27)28(40)34-26(12-15-37-13-10-24(39)11-14-37)20-4-7-23(8-5-20)38-19-32-18-33-38/h4-5,7-8,17-19,22,24,26,39H,6,9-16H2,1-3H3,(H,34,40)/t22-,26+/m0/s1. The molecule has 4 heterocycles. The summed E-state index contributed by atoms with van der Waals surface area (Å²) in [7, 11) is 0. The number of amides is 1. The van der Waals surface area contributed by atoms with Crippen molar-refractivity contribution >= 4 is 27.6 Å². The van der Waals surface area contributed by atoms with Crippen LogP contribution < -0.4 is 5.32 Å². The number of carbonyl (C=O) groups is 1. The van der Waals surface area contributed by atoms with Crippen molar-refractivity contribution < 1.29 is 9.90 Å². The number of likely N-dealkylation sites (tertiary alicyclic amines) is 1. The van der Waals surface area contributed by atoms with Gasteiger partial charge in [-0.3, -0.25) is 4.79 Å². The van der Waals surface area contributed by atoms with E-state index in [2.05, 4.69) is 47.1 Å². The topological polar surface area (TPSA) is 109 Å². The van der Waals surface area contributed by atoms with Crippen LogP contribution in [0.1, 0.15) is 79.1 Å². The fourth-order valence-corrected chi connectivity index (χ4v) is 6.89. The van der Waals surface area contributed by atoms with Crippen molar-refractivity contribution in [3.63, 3.8) is 0 Å². The van der Waals surface area contributed by atoms with Gasteiger partial charge in [0.15, 0.2) is 5.01 Å². The minimum absolute atomic E-state index is 0.169. The van der Waals surface area contributed by atoms with E-state index in [1.807, 2.05) is 24.3 Å². The molecule has 1 aliphatic carbocycles. The van der Waals surface area contributed by atoms with E-state index in [9.17, 15) is 9.90 Å². The Morgan fingerprint density at radius 1 is 1.15 bits per heavy atom. The maximum absolute atomic E-state index is 13.6. The lowest BCUT2D eigenvalue weighted by molar-refractivity contribution is 0.0795. The van der Waals surface area contributed by atoms with Gasteiger partial charge in [0.1, 0.15) is 23.0 Å². The molecule has 1 amide bonds. The first-order valence-electron chi connectivity index (χ1n) is 14.7. The van der Waals surface area contributed by atoms with Crippen LogP contribution in [-0.4, -0.2) is 66.4 Å². The lowest BCUT2D eigenvalue weighted by Crippen LogP contribution is -2.38. The second-order valence-corrected chi connectivity index (χ2v) is 13.5. The number of aryl methyl sites for hydroxylation is 1. The van der Waals surface area contributed by atoms with Crippen LogP contribution in [0, 0.1) is 11.3 Å². The second kappa shape index (κ2) is 11.6. The number of piperidine rings is 1. The number of pyridine rings is 1. The first-order chi connectivity index (χ1) is 19.7. The molecule has 2 aliphatic rings. The molecular weight excluding hydrogens is 534 g/mol. The van der Waals surface area contributed by atoms with Gasteiger partial charge >= 0.3 is 0 Å². The average Bonchev–Trinajstić information content (AvgIpc) is 3.64. The average molecular weight is 574 g/mol. The number of nitrogens with zero attached hydrogens (tertiary/aromatic N) is 6. The summed E-state index contributed by atoms with van der Waals surface area (Å²) in [6.07, 6.45) is 8.47. The molecule has 216 valence electrons. The number of aliphatic hydroxyl groups excluding tert-OH is 1. The predicted molar refractivity (Wildman–Crippen MR) is 160 cm³/mol. The molecule has 0 unspecified atom stereocenters. The Morgan fingerprint density at radius 2 is 1.93 bits per heavy atom. The fourth-order valence-electron chi connectivity index (χ4n) is 6.05. The molecule has 1 aliphatic heterocycles. The monoisotopic (exact) mass is 573 g/mol. The van der Waals surface area contributed by atoms with Crippen molar-refractivity contribution in [3.05, 3.63) is 64.8 Å². The summed E-state index contributed by atoms with van der Waals surface area (Å²) in [6, 6.07) is 10.1. The van der Waals surface area contributed by atoms with Crippen LogP contribution in [0.5, 0.6) is 0 Å². The lowest BCUT2D eigenvalue weighted by atomic mass is 9.71. The van der Waals surface area contributed by atoms with Gasteiger partial charge in [-0.2, -0.15) is 5.10 Å². The zero-order valence-corrected chi connectivity index (χ0v) is 24.9. The van der Waals surface area contributed by atoms with E-state index < -0.39 is 0 Å². The van der Waals surface area contributed by atoms with E-state index in [1.165, 1.54) is 23.2 Å². The highest BCUT2D eigenvalue weighted by Gasteiger charge is 2.30. The molecular formula is C31H39N7O2S. The maximum Gasteiger partial charge on any atom is 0.280 e. The van der Waals surface area contributed by atoms with E-state index >= 15 is 0 Å². The summed E-state index contributed by atoms with van der Waals surface area (Å²) in [5.74, 6) is 0.452. The van der Waals surface area contributed by atoms with Crippen molar-refractivity contribution in [2.75, 3.05) is 19.6 Å². The van der Waals surface area contributed by atoms with Gasteiger partial charge in [-0.15, -0.1) is 0 Å². The molecule has 0 bridgehead atoms. The van der Waals surface area contributed by atoms with Crippen LogP contribution in [-0.2, 0) is 12.8 Å². The highest BCUT2D eigenvalue weighted by atomic mass is 32.1. The van der Waals surface area contributed by atoms with Gasteiger partial charge < -0.3 is 15.3 Å². The quantitative estimate of drug-likeness (QED) is 0.329. The number of thiazole rings is 1. The Labute approximate surface area is 245 Å². The fraction of sp³-hybridized carbons (Fsp3) is 0.516. The number of aromatic nitrogens is 5. The van der Waals surface area contributed by atoms with Gasteiger partial charge in [-0.1, -0.05) is 44.2 Å². The zero-order chi connectivity index (χ0) is 28.6. The van der Waals surface area contributed by atoms with Gasteiger partial charge in [-0.25, -0.2) is 19.6 Å².